The number of amides is 1. The zero-order valence-electron chi connectivity index (χ0n) is 11.2. The van der Waals surface area contributed by atoms with Gasteiger partial charge >= 0.3 is 0 Å². The van der Waals surface area contributed by atoms with E-state index >= 15 is 0 Å². The standard InChI is InChI=1S/C14H16ClN3OS/c1-9-8-20-13(12(9)15)14(19)17-11-5-10(6-11)7-18-4-2-3-16-18/h2-4,8,10-11H,5-7H2,1H3,(H,17,19). The lowest BCUT2D eigenvalue weighted by Gasteiger charge is -2.35. The number of carbonyl (C=O) groups is 1. The van der Waals surface area contributed by atoms with E-state index in [9.17, 15) is 4.79 Å². The Kier molecular flexibility index (Phi) is 3.81. The molecule has 0 aliphatic heterocycles. The van der Waals surface area contributed by atoms with Crippen LogP contribution in [0.5, 0.6) is 0 Å². The summed E-state index contributed by atoms with van der Waals surface area (Å²) in [7, 11) is 0. The molecule has 6 heteroatoms. The van der Waals surface area contributed by atoms with Gasteiger partial charge in [-0.15, -0.1) is 11.3 Å². The third kappa shape index (κ3) is 2.74. The Bertz CT molecular complexity index is 602. The van der Waals surface area contributed by atoms with Crippen LogP contribution in [0.3, 0.4) is 0 Å². The van der Waals surface area contributed by atoms with Crippen molar-refractivity contribution in [2.24, 2.45) is 5.92 Å². The van der Waals surface area contributed by atoms with Crippen molar-refractivity contribution in [2.75, 3.05) is 0 Å². The quantitative estimate of drug-likeness (QED) is 0.943. The van der Waals surface area contributed by atoms with Gasteiger partial charge in [0.25, 0.3) is 5.91 Å². The fourth-order valence-electron chi connectivity index (χ4n) is 2.51. The molecule has 4 nitrogen and oxygen atoms in total. The van der Waals surface area contributed by atoms with Gasteiger partial charge in [-0.05, 0) is 42.7 Å². The van der Waals surface area contributed by atoms with Gasteiger partial charge in [-0.3, -0.25) is 9.48 Å². The van der Waals surface area contributed by atoms with Crippen molar-refractivity contribution in [3.63, 3.8) is 0 Å². The van der Waals surface area contributed by atoms with Crippen LogP contribution < -0.4 is 5.32 Å². The van der Waals surface area contributed by atoms with Crippen LogP contribution in [0.25, 0.3) is 0 Å². The van der Waals surface area contributed by atoms with Gasteiger partial charge in [-0.25, -0.2) is 0 Å². The van der Waals surface area contributed by atoms with E-state index in [1.165, 1.54) is 11.3 Å². The lowest BCUT2D eigenvalue weighted by Crippen LogP contribution is -2.45. The topological polar surface area (TPSA) is 46.9 Å². The van der Waals surface area contributed by atoms with E-state index in [4.69, 9.17) is 11.6 Å². The first-order valence-corrected chi connectivity index (χ1v) is 7.91. The number of halogens is 1. The van der Waals surface area contributed by atoms with Crippen LogP contribution in [0.4, 0.5) is 0 Å². The molecule has 1 N–H and O–H groups in total. The highest BCUT2D eigenvalue weighted by Crippen LogP contribution is 2.31. The molecule has 0 radical (unpaired) electrons. The van der Waals surface area contributed by atoms with Gasteiger partial charge in [0, 0.05) is 25.0 Å². The van der Waals surface area contributed by atoms with Crippen molar-refractivity contribution in [3.05, 3.63) is 39.3 Å². The van der Waals surface area contributed by atoms with Gasteiger partial charge in [0.1, 0.15) is 4.88 Å². The van der Waals surface area contributed by atoms with Gasteiger partial charge in [0.15, 0.2) is 0 Å². The fourth-order valence-corrected chi connectivity index (χ4v) is 3.69. The summed E-state index contributed by atoms with van der Waals surface area (Å²) in [5.41, 5.74) is 0.965. The lowest BCUT2D eigenvalue weighted by atomic mass is 9.80. The van der Waals surface area contributed by atoms with E-state index in [0.717, 1.165) is 24.9 Å². The molecular weight excluding hydrogens is 294 g/mol. The molecule has 3 rings (SSSR count). The summed E-state index contributed by atoms with van der Waals surface area (Å²) in [5, 5.41) is 9.75. The highest BCUT2D eigenvalue weighted by atomic mass is 35.5. The first-order chi connectivity index (χ1) is 9.63. The molecule has 1 aliphatic carbocycles. The number of hydrogen-bond acceptors (Lipinski definition) is 3. The minimum Gasteiger partial charge on any atom is -0.349 e. The predicted molar refractivity (Wildman–Crippen MR) is 80.3 cm³/mol. The number of aromatic nitrogens is 2. The minimum absolute atomic E-state index is 0.0457. The van der Waals surface area contributed by atoms with Crippen LogP contribution in [-0.4, -0.2) is 21.7 Å². The van der Waals surface area contributed by atoms with Gasteiger partial charge < -0.3 is 5.32 Å². The van der Waals surface area contributed by atoms with Gasteiger partial charge in [0.05, 0.1) is 5.02 Å². The number of thiophene rings is 1. The number of aryl methyl sites for hydroxylation is 1. The molecule has 2 heterocycles. The van der Waals surface area contributed by atoms with Crippen molar-refractivity contribution in [2.45, 2.75) is 32.4 Å². The number of nitrogens with zero attached hydrogens (tertiary/aromatic N) is 2. The molecule has 0 atom stereocenters. The second-order valence-electron chi connectivity index (χ2n) is 5.30. The minimum atomic E-state index is -0.0457. The second-order valence-corrected chi connectivity index (χ2v) is 6.56. The number of nitrogens with one attached hydrogen (secondary N) is 1. The predicted octanol–water partition coefficient (Wildman–Crippen LogP) is 3.12. The van der Waals surface area contributed by atoms with Gasteiger partial charge in [-0.1, -0.05) is 11.6 Å². The number of carbonyl (C=O) groups excluding carboxylic acids is 1. The van der Waals surface area contributed by atoms with E-state index in [1.807, 2.05) is 29.2 Å². The molecule has 1 fully saturated rings. The normalized spacial score (nSPS) is 21.5. The fraction of sp³-hybridized carbons (Fsp3) is 0.429. The molecule has 1 saturated carbocycles. The molecule has 0 spiro atoms. The molecule has 106 valence electrons. The van der Waals surface area contributed by atoms with Crippen LogP contribution in [0.1, 0.15) is 28.1 Å². The second kappa shape index (κ2) is 5.58. The van der Waals surface area contributed by atoms with E-state index in [0.29, 0.717) is 15.8 Å². The highest BCUT2D eigenvalue weighted by Gasteiger charge is 2.31. The number of hydrogen-bond donors (Lipinski definition) is 1. The summed E-state index contributed by atoms with van der Waals surface area (Å²) in [5.74, 6) is 0.552. The van der Waals surface area contributed by atoms with E-state index < -0.39 is 0 Å². The van der Waals surface area contributed by atoms with Gasteiger partial charge in [0.2, 0.25) is 0 Å². The van der Waals surface area contributed by atoms with Crippen LogP contribution >= 0.6 is 22.9 Å². The summed E-state index contributed by atoms with van der Waals surface area (Å²) in [6.07, 6.45) is 5.78. The van der Waals surface area contributed by atoms with Crippen molar-refractivity contribution in [1.29, 1.82) is 0 Å². The summed E-state index contributed by atoms with van der Waals surface area (Å²) in [4.78, 5) is 12.7. The summed E-state index contributed by atoms with van der Waals surface area (Å²) >= 11 is 7.52. The molecule has 0 unspecified atom stereocenters. The van der Waals surface area contributed by atoms with Gasteiger partial charge in [-0.2, -0.15) is 5.10 Å². The summed E-state index contributed by atoms with van der Waals surface area (Å²) < 4.78 is 1.95. The summed E-state index contributed by atoms with van der Waals surface area (Å²) in [6.45, 7) is 2.84. The van der Waals surface area contributed by atoms with Crippen LogP contribution in [-0.2, 0) is 6.54 Å². The lowest BCUT2D eigenvalue weighted by molar-refractivity contribution is 0.0884. The van der Waals surface area contributed by atoms with Crippen molar-refractivity contribution in [1.82, 2.24) is 15.1 Å². The molecule has 2 aromatic heterocycles. The van der Waals surface area contributed by atoms with E-state index in [1.54, 1.807) is 6.20 Å². The Balaban J connectivity index is 1.49. The maximum atomic E-state index is 12.1. The Morgan fingerprint density at radius 3 is 3.00 bits per heavy atom. The number of rotatable bonds is 4. The Labute approximate surface area is 126 Å². The Morgan fingerprint density at radius 1 is 1.60 bits per heavy atom. The molecule has 2 aromatic rings. The smallest absolute Gasteiger partial charge is 0.263 e. The van der Waals surface area contributed by atoms with Crippen molar-refractivity contribution >= 4 is 28.8 Å². The average Bonchev–Trinajstić information content (AvgIpc) is 2.98. The van der Waals surface area contributed by atoms with E-state index in [-0.39, 0.29) is 11.9 Å². The zero-order chi connectivity index (χ0) is 14.1. The Hall–Kier alpha value is -1.33. The maximum Gasteiger partial charge on any atom is 0.263 e. The largest absolute Gasteiger partial charge is 0.349 e. The molecule has 0 bridgehead atoms. The molecule has 1 aliphatic rings. The average molecular weight is 310 g/mol. The van der Waals surface area contributed by atoms with Crippen LogP contribution in [0.2, 0.25) is 5.02 Å². The third-order valence-electron chi connectivity index (χ3n) is 3.68. The van der Waals surface area contributed by atoms with Crippen LogP contribution in [0.15, 0.2) is 23.8 Å². The molecule has 1 amide bonds. The monoisotopic (exact) mass is 309 g/mol. The maximum absolute atomic E-state index is 12.1. The Morgan fingerprint density at radius 2 is 2.40 bits per heavy atom. The van der Waals surface area contributed by atoms with Crippen molar-refractivity contribution in [3.8, 4) is 0 Å². The molecule has 0 aromatic carbocycles. The molecule has 20 heavy (non-hydrogen) atoms. The molecule has 0 saturated heterocycles. The SMILES string of the molecule is Cc1csc(C(=O)NC2CC(Cn3cccn3)C2)c1Cl. The van der Waals surface area contributed by atoms with Crippen molar-refractivity contribution < 1.29 is 4.79 Å². The molecular formula is C14H16ClN3OS. The zero-order valence-corrected chi connectivity index (χ0v) is 12.7. The van der Waals surface area contributed by atoms with E-state index in [2.05, 4.69) is 10.4 Å². The third-order valence-corrected chi connectivity index (χ3v) is 5.38. The van der Waals surface area contributed by atoms with Crippen LogP contribution in [0, 0.1) is 12.8 Å². The first kappa shape index (κ1) is 13.6. The highest BCUT2D eigenvalue weighted by molar-refractivity contribution is 7.13. The summed E-state index contributed by atoms with van der Waals surface area (Å²) in [6, 6.07) is 2.19. The first-order valence-electron chi connectivity index (χ1n) is 6.65.